The molecule has 0 amide bonds. The Kier molecular flexibility index (Phi) is 2.86. The number of carbonyl (C=O) groups is 1. The topological polar surface area (TPSA) is 43.1 Å². The molecule has 0 aromatic carbocycles. The van der Waals surface area contributed by atoms with E-state index in [9.17, 15) is 4.79 Å². The lowest BCUT2D eigenvalue weighted by Crippen LogP contribution is -2.02. The van der Waals surface area contributed by atoms with Gasteiger partial charge in [-0.1, -0.05) is 6.92 Å². The summed E-state index contributed by atoms with van der Waals surface area (Å²) in [6.07, 6.45) is 4.04. The molecule has 2 heterocycles. The molecule has 3 nitrogen and oxygen atoms in total. The molecule has 0 atom stereocenters. The van der Waals surface area contributed by atoms with E-state index >= 15 is 0 Å². The van der Waals surface area contributed by atoms with E-state index in [1.54, 1.807) is 18.5 Å². The van der Waals surface area contributed by atoms with Crippen molar-refractivity contribution >= 4 is 5.78 Å². The first kappa shape index (κ1) is 10.6. The average Bonchev–Trinajstić information content (AvgIpc) is 2.77. The van der Waals surface area contributed by atoms with Crippen molar-refractivity contribution in [2.24, 2.45) is 0 Å². The fourth-order valence-corrected chi connectivity index (χ4v) is 1.52. The molecule has 0 aliphatic rings. The predicted molar refractivity (Wildman–Crippen MR) is 60.5 cm³/mol. The fraction of sp³-hybridized carbons (Fsp3) is 0.231. The van der Waals surface area contributed by atoms with Gasteiger partial charge in [0.05, 0.1) is 0 Å². The Morgan fingerprint density at radius 2 is 2.19 bits per heavy atom. The van der Waals surface area contributed by atoms with Gasteiger partial charge in [-0.15, -0.1) is 0 Å². The van der Waals surface area contributed by atoms with Crippen LogP contribution in [0.15, 0.2) is 35.0 Å². The van der Waals surface area contributed by atoms with Crippen LogP contribution in [0.25, 0.3) is 0 Å². The molecule has 0 N–H and O–H groups in total. The smallest absolute Gasteiger partial charge is 0.229 e. The van der Waals surface area contributed by atoms with Crippen molar-refractivity contribution < 1.29 is 9.21 Å². The minimum Gasteiger partial charge on any atom is -0.458 e. The second-order valence-corrected chi connectivity index (χ2v) is 3.64. The van der Waals surface area contributed by atoms with Gasteiger partial charge in [-0.25, -0.2) is 0 Å². The van der Waals surface area contributed by atoms with E-state index in [1.807, 2.05) is 26.0 Å². The molecule has 0 aliphatic carbocycles. The van der Waals surface area contributed by atoms with Crippen LogP contribution in [0.3, 0.4) is 0 Å². The van der Waals surface area contributed by atoms with Crippen LogP contribution in [0, 0.1) is 6.92 Å². The van der Waals surface area contributed by atoms with E-state index in [-0.39, 0.29) is 5.78 Å². The molecule has 2 aromatic heterocycles. The van der Waals surface area contributed by atoms with Crippen molar-refractivity contribution in [3.8, 4) is 0 Å². The zero-order valence-corrected chi connectivity index (χ0v) is 9.36. The standard InChI is InChI=1S/C13H13NO2/c1-3-10-4-5-12(16-10)13(15)11-8-14-7-6-9(11)2/h4-8H,3H2,1-2H3. The van der Waals surface area contributed by atoms with Gasteiger partial charge in [0.2, 0.25) is 5.78 Å². The molecule has 0 saturated carbocycles. The molecule has 0 saturated heterocycles. The third-order valence-corrected chi connectivity index (χ3v) is 2.52. The van der Waals surface area contributed by atoms with Crippen LogP contribution in [0.1, 0.15) is 34.4 Å². The number of pyridine rings is 1. The van der Waals surface area contributed by atoms with Crippen LogP contribution >= 0.6 is 0 Å². The van der Waals surface area contributed by atoms with Gasteiger partial charge in [0.15, 0.2) is 5.76 Å². The molecule has 0 bridgehead atoms. The van der Waals surface area contributed by atoms with Gasteiger partial charge in [0.25, 0.3) is 0 Å². The van der Waals surface area contributed by atoms with Gasteiger partial charge in [-0.3, -0.25) is 9.78 Å². The van der Waals surface area contributed by atoms with Gasteiger partial charge >= 0.3 is 0 Å². The maximum Gasteiger partial charge on any atom is 0.229 e. The summed E-state index contributed by atoms with van der Waals surface area (Å²) < 4.78 is 5.43. The molecule has 16 heavy (non-hydrogen) atoms. The first-order valence-electron chi connectivity index (χ1n) is 5.26. The highest BCUT2D eigenvalue weighted by Crippen LogP contribution is 2.15. The highest BCUT2D eigenvalue weighted by atomic mass is 16.3. The summed E-state index contributed by atoms with van der Waals surface area (Å²) in [5.41, 5.74) is 1.51. The Hall–Kier alpha value is -1.90. The van der Waals surface area contributed by atoms with Crippen molar-refractivity contribution in [1.82, 2.24) is 4.98 Å². The minimum atomic E-state index is -0.106. The summed E-state index contributed by atoms with van der Waals surface area (Å²) in [7, 11) is 0. The lowest BCUT2D eigenvalue weighted by molar-refractivity contribution is 0.101. The summed E-state index contributed by atoms with van der Waals surface area (Å²) in [6, 6.07) is 5.36. The SMILES string of the molecule is CCc1ccc(C(=O)c2cnccc2C)o1. The normalized spacial score (nSPS) is 10.4. The van der Waals surface area contributed by atoms with Crippen LogP contribution in [0.4, 0.5) is 0 Å². The zero-order chi connectivity index (χ0) is 11.5. The monoisotopic (exact) mass is 215 g/mol. The highest BCUT2D eigenvalue weighted by Gasteiger charge is 2.15. The third-order valence-electron chi connectivity index (χ3n) is 2.52. The second-order valence-electron chi connectivity index (χ2n) is 3.64. The Balaban J connectivity index is 2.35. The number of rotatable bonds is 3. The number of ketones is 1. The van der Waals surface area contributed by atoms with E-state index in [2.05, 4.69) is 4.98 Å². The molecule has 0 radical (unpaired) electrons. The van der Waals surface area contributed by atoms with Crippen molar-refractivity contribution in [2.45, 2.75) is 20.3 Å². The molecular formula is C13H13NO2. The van der Waals surface area contributed by atoms with E-state index in [0.717, 1.165) is 17.7 Å². The molecule has 3 heteroatoms. The molecule has 2 rings (SSSR count). The second kappa shape index (κ2) is 4.31. The van der Waals surface area contributed by atoms with Crippen molar-refractivity contribution in [3.05, 3.63) is 53.2 Å². The molecule has 0 aliphatic heterocycles. The summed E-state index contributed by atoms with van der Waals surface area (Å²) in [5, 5.41) is 0. The lowest BCUT2D eigenvalue weighted by Gasteiger charge is -2.00. The summed E-state index contributed by atoms with van der Waals surface area (Å²) >= 11 is 0. The van der Waals surface area contributed by atoms with Crippen LogP contribution in [0.2, 0.25) is 0 Å². The van der Waals surface area contributed by atoms with Gasteiger partial charge < -0.3 is 4.42 Å². The Labute approximate surface area is 94.1 Å². The summed E-state index contributed by atoms with van der Waals surface area (Å²) in [4.78, 5) is 16.0. The molecule has 2 aromatic rings. The Bertz CT molecular complexity index is 514. The van der Waals surface area contributed by atoms with Gasteiger partial charge in [-0.05, 0) is 30.7 Å². The number of aryl methyl sites for hydroxylation is 2. The van der Waals surface area contributed by atoms with E-state index in [0.29, 0.717) is 11.3 Å². The maximum absolute atomic E-state index is 12.1. The predicted octanol–water partition coefficient (Wildman–Crippen LogP) is 2.78. The van der Waals surface area contributed by atoms with Crippen LogP contribution in [-0.4, -0.2) is 10.8 Å². The molecule has 82 valence electrons. The number of aromatic nitrogens is 1. The number of furan rings is 1. The minimum absolute atomic E-state index is 0.106. The third kappa shape index (κ3) is 1.89. The van der Waals surface area contributed by atoms with Gasteiger partial charge in [0.1, 0.15) is 5.76 Å². The van der Waals surface area contributed by atoms with Crippen molar-refractivity contribution in [1.29, 1.82) is 0 Å². The first-order valence-corrected chi connectivity index (χ1v) is 5.26. The fourth-order valence-electron chi connectivity index (χ4n) is 1.52. The Morgan fingerprint density at radius 3 is 2.81 bits per heavy atom. The number of hydrogen-bond acceptors (Lipinski definition) is 3. The van der Waals surface area contributed by atoms with E-state index in [4.69, 9.17) is 4.42 Å². The average molecular weight is 215 g/mol. The summed E-state index contributed by atoms with van der Waals surface area (Å²) in [6.45, 7) is 3.88. The molecule has 0 fully saturated rings. The molecular weight excluding hydrogens is 202 g/mol. The molecule has 0 unspecified atom stereocenters. The number of carbonyl (C=O) groups excluding carboxylic acids is 1. The van der Waals surface area contributed by atoms with E-state index < -0.39 is 0 Å². The first-order chi connectivity index (χ1) is 7.72. The van der Waals surface area contributed by atoms with Crippen LogP contribution in [0.5, 0.6) is 0 Å². The lowest BCUT2D eigenvalue weighted by atomic mass is 10.1. The van der Waals surface area contributed by atoms with Gasteiger partial charge in [0, 0.05) is 24.4 Å². The van der Waals surface area contributed by atoms with Crippen LogP contribution in [-0.2, 0) is 6.42 Å². The van der Waals surface area contributed by atoms with Crippen molar-refractivity contribution in [3.63, 3.8) is 0 Å². The van der Waals surface area contributed by atoms with Gasteiger partial charge in [-0.2, -0.15) is 0 Å². The van der Waals surface area contributed by atoms with Crippen molar-refractivity contribution in [2.75, 3.05) is 0 Å². The maximum atomic E-state index is 12.1. The largest absolute Gasteiger partial charge is 0.458 e. The van der Waals surface area contributed by atoms with E-state index in [1.165, 1.54) is 0 Å². The summed E-state index contributed by atoms with van der Waals surface area (Å²) in [5.74, 6) is 1.10. The Morgan fingerprint density at radius 1 is 1.38 bits per heavy atom. The highest BCUT2D eigenvalue weighted by molar-refractivity contribution is 6.07. The number of hydrogen-bond donors (Lipinski definition) is 0. The number of nitrogens with zero attached hydrogens (tertiary/aromatic N) is 1. The van der Waals surface area contributed by atoms with Crippen LogP contribution < -0.4 is 0 Å². The quantitative estimate of drug-likeness (QED) is 0.739. The molecule has 0 spiro atoms. The zero-order valence-electron chi connectivity index (χ0n) is 9.36.